The summed E-state index contributed by atoms with van der Waals surface area (Å²) in [6.07, 6.45) is 11.2. The van der Waals surface area contributed by atoms with Crippen LogP contribution in [0.3, 0.4) is 0 Å². The molecular weight excluding hydrogens is 258 g/mol. The summed E-state index contributed by atoms with van der Waals surface area (Å²) < 4.78 is 0. The summed E-state index contributed by atoms with van der Waals surface area (Å²) in [5.74, 6) is 0.936. The van der Waals surface area contributed by atoms with Crippen molar-refractivity contribution in [2.75, 3.05) is 33.2 Å². The van der Waals surface area contributed by atoms with Gasteiger partial charge in [0.25, 0.3) is 0 Å². The highest BCUT2D eigenvalue weighted by molar-refractivity contribution is 4.95. The fraction of sp³-hybridized carbons (Fsp3) is 1.00. The maximum absolute atomic E-state index is 3.85. The zero-order chi connectivity index (χ0) is 14.7. The molecule has 0 aromatic carbocycles. The van der Waals surface area contributed by atoms with Gasteiger partial charge in [-0.15, -0.1) is 0 Å². The maximum atomic E-state index is 3.85. The summed E-state index contributed by atoms with van der Waals surface area (Å²) in [6.45, 7) is 7.51. The fourth-order valence-electron chi connectivity index (χ4n) is 5.10. The fourth-order valence-corrected chi connectivity index (χ4v) is 5.10. The molecule has 3 rings (SSSR count). The molecule has 1 saturated carbocycles. The smallest absolute Gasteiger partial charge is 0.0249 e. The van der Waals surface area contributed by atoms with Crippen molar-refractivity contribution >= 4 is 0 Å². The highest BCUT2D eigenvalue weighted by Gasteiger charge is 2.38. The molecule has 0 spiro atoms. The van der Waals surface area contributed by atoms with Crippen molar-refractivity contribution in [2.24, 2.45) is 5.92 Å². The van der Waals surface area contributed by atoms with Crippen molar-refractivity contribution < 1.29 is 0 Å². The molecule has 0 amide bonds. The Morgan fingerprint density at radius 3 is 2.67 bits per heavy atom. The van der Waals surface area contributed by atoms with Crippen LogP contribution in [-0.4, -0.2) is 61.2 Å². The van der Waals surface area contributed by atoms with E-state index in [0.29, 0.717) is 0 Å². The van der Waals surface area contributed by atoms with E-state index in [1.165, 1.54) is 77.5 Å². The minimum absolute atomic E-state index is 0.761. The maximum Gasteiger partial charge on any atom is 0.0249 e. The molecule has 1 N–H and O–H groups in total. The van der Waals surface area contributed by atoms with Crippen molar-refractivity contribution in [3.05, 3.63) is 0 Å². The average molecular weight is 293 g/mol. The van der Waals surface area contributed by atoms with Gasteiger partial charge in [0.2, 0.25) is 0 Å². The molecule has 2 saturated heterocycles. The van der Waals surface area contributed by atoms with E-state index in [2.05, 4.69) is 29.1 Å². The van der Waals surface area contributed by atoms with Crippen LogP contribution in [0.2, 0.25) is 0 Å². The molecule has 4 unspecified atom stereocenters. The van der Waals surface area contributed by atoms with Crippen molar-refractivity contribution in [3.63, 3.8) is 0 Å². The van der Waals surface area contributed by atoms with Gasteiger partial charge < -0.3 is 10.2 Å². The van der Waals surface area contributed by atoms with Crippen molar-refractivity contribution in [3.8, 4) is 0 Å². The highest BCUT2D eigenvalue weighted by Crippen LogP contribution is 2.33. The number of nitrogens with one attached hydrogen (secondary N) is 1. The lowest BCUT2D eigenvalue weighted by molar-refractivity contribution is 0.00419. The number of piperidine rings is 2. The van der Waals surface area contributed by atoms with Crippen molar-refractivity contribution in [1.29, 1.82) is 0 Å². The summed E-state index contributed by atoms with van der Waals surface area (Å²) >= 11 is 0. The summed E-state index contributed by atoms with van der Waals surface area (Å²) in [6, 6.07) is 2.45. The van der Waals surface area contributed by atoms with Gasteiger partial charge in [-0.25, -0.2) is 0 Å². The van der Waals surface area contributed by atoms with Gasteiger partial charge in [0.15, 0.2) is 0 Å². The van der Waals surface area contributed by atoms with Gasteiger partial charge in [0, 0.05) is 31.2 Å². The molecule has 3 fully saturated rings. The molecule has 21 heavy (non-hydrogen) atoms. The summed E-state index contributed by atoms with van der Waals surface area (Å²) in [7, 11) is 2.35. The largest absolute Gasteiger partial charge is 0.312 e. The second-order valence-electron chi connectivity index (χ2n) is 7.65. The molecule has 0 aromatic heterocycles. The van der Waals surface area contributed by atoms with Crippen LogP contribution in [0, 0.1) is 5.92 Å². The number of hydrogen-bond donors (Lipinski definition) is 1. The van der Waals surface area contributed by atoms with Gasteiger partial charge in [-0.3, -0.25) is 4.90 Å². The third kappa shape index (κ3) is 3.62. The first-order valence-corrected chi connectivity index (χ1v) is 9.47. The Morgan fingerprint density at radius 1 is 0.952 bits per heavy atom. The van der Waals surface area contributed by atoms with E-state index in [0.717, 1.165) is 24.0 Å². The molecule has 3 nitrogen and oxygen atoms in total. The van der Waals surface area contributed by atoms with Gasteiger partial charge in [0.1, 0.15) is 0 Å². The molecule has 2 aliphatic heterocycles. The first-order chi connectivity index (χ1) is 10.3. The number of hydrogen-bond acceptors (Lipinski definition) is 3. The van der Waals surface area contributed by atoms with Gasteiger partial charge in [0.05, 0.1) is 0 Å². The standard InChI is InChI=1S/C18H35N3/c1-3-11-19-16-8-4-5-9-18(16)21-13-10-17-15(14-21)7-6-12-20(17)2/h15-19H,3-14H2,1-2H3. The number of nitrogens with zero attached hydrogens (tertiary/aromatic N) is 2. The van der Waals surface area contributed by atoms with Crippen LogP contribution >= 0.6 is 0 Å². The van der Waals surface area contributed by atoms with Crippen LogP contribution in [0.15, 0.2) is 0 Å². The molecule has 0 aromatic rings. The quantitative estimate of drug-likeness (QED) is 0.860. The van der Waals surface area contributed by atoms with Crippen LogP contribution in [0.1, 0.15) is 58.3 Å². The highest BCUT2D eigenvalue weighted by atomic mass is 15.2. The lowest BCUT2D eigenvalue weighted by Crippen LogP contribution is -2.59. The molecule has 3 aliphatic rings. The SMILES string of the molecule is CCCNC1CCCCC1N1CCC2C(CCCN2C)C1. The Hall–Kier alpha value is -0.120. The lowest BCUT2D eigenvalue weighted by Gasteiger charge is -2.50. The van der Waals surface area contributed by atoms with Gasteiger partial charge >= 0.3 is 0 Å². The molecule has 0 radical (unpaired) electrons. The molecule has 1 aliphatic carbocycles. The molecule has 3 heteroatoms. The summed E-state index contributed by atoms with van der Waals surface area (Å²) in [4.78, 5) is 5.51. The molecule has 122 valence electrons. The van der Waals surface area contributed by atoms with Gasteiger partial charge in [-0.1, -0.05) is 19.8 Å². The lowest BCUT2D eigenvalue weighted by atomic mass is 9.81. The second kappa shape index (κ2) is 7.43. The Labute approximate surface area is 131 Å². The molecule has 0 bridgehead atoms. The third-order valence-electron chi connectivity index (χ3n) is 6.23. The second-order valence-corrected chi connectivity index (χ2v) is 7.65. The topological polar surface area (TPSA) is 18.5 Å². The number of likely N-dealkylation sites (tertiary alicyclic amines) is 2. The zero-order valence-corrected chi connectivity index (χ0v) is 14.2. The number of rotatable bonds is 4. The summed E-state index contributed by atoms with van der Waals surface area (Å²) in [5, 5.41) is 3.85. The van der Waals surface area contributed by atoms with Gasteiger partial charge in [-0.2, -0.15) is 0 Å². The van der Waals surface area contributed by atoms with E-state index >= 15 is 0 Å². The van der Waals surface area contributed by atoms with E-state index < -0.39 is 0 Å². The van der Waals surface area contributed by atoms with E-state index in [4.69, 9.17) is 0 Å². The predicted molar refractivity (Wildman–Crippen MR) is 89.7 cm³/mol. The van der Waals surface area contributed by atoms with Crippen molar-refractivity contribution in [2.45, 2.75) is 76.4 Å². The van der Waals surface area contributed by atoms with E-state index in [9.17, 15) is 0 Å². The van der Waals surface area contributed by atoms with Crippen LogP contribution in [0.4, 0.5) is 0 Å². The number of fused-ring (bicyclic) bond motifs is 1. The molecule has 2 heterocycles. The van der Waals surface area contributed by atoms with E-state index in [-0.39, 0.29) is 0 Å². The van der Waals surface area contributed by atoms with Gasteiger partial charge in [-0.05, 0) is 64.6 Å². The normalized spacial score (nSPS) is 39.1. The third-order valence-corrected chi connectivity index (χ3v) is 6.23. The average Bonchev–Trinajstić information content (AvgIpc) is 2.53. The molecular formula is C18H35N3. The van der Waals surface area contributed by atoms with Crippen LogP contribution < -0.4 is 5.32 Å². The molecule has 4 atom stereocenters. The monoisotopic (exact) mass is 293 g/mol. The van der Waals surface area contributed by atoms with Crippen LogP contribution in [0.25, 0.3) is 0 Å². The first-order valence-electron chi connectivity index (χ1n) is 9.47. The minimum atomic E-state index is 0.761. The predicted octanol–water partition coefficient (Wildman–Crippen LogP) is 2.71. The first kappa shape index (κ1) is 15.8. The minimum Gasteiger partial charge on any atom is -0.312 e. The Bertz CT molecular complexity index is 320. The van der Waals surface area contributed by atoms with Crippen molar-refractivity contribution in [1.82, 2.24) is 15.1 Å². The Morgan fingerprint density at radius 2 is 1.81 bits per heavy atom. The van der Waals surface area contributed by atoms with Crippen LogP contribution in [0.5, 0.6) is 0 Å². The Kier molecular flexibility index (Phi) is 5.58. The van der Waals surface area contributed by atoms with E-state index in [1.807, 2.05) is 0 Å². The van der Waals surface area contributed by atoms with E-state index in [1.54, 1.807) is 0 Å². The Balaban J connectivity index is 1.60. The van der Waals surface area contributed by atoms with Crippen LogP contribution in [-0.2, 0) is 0 Å². The summed E-state index contributed by atoms with van der Waals surface area (Å²) in [5.41, 5.74) is 0. The zero-order valence-electron chi connectivity index (χ0n) is 14.2.